The molecule has 0 bridgehead atoms. The van der Waals surface area contributed by atoms with Crippen molar-refractivity contribution in [3.63, 3.8) is 0 Å². The van der Waals surface area contributed by atoms with Gasteiger partial charge in [-0.15, -0.1) is 0 Å². The number of hydrogen-bond donors (Lipinski definition) is 0. The Hall–Kier alpha value is -1.37. The summed E-state index contributed by atoms with van der Waals surface area (Å²) in [6.07, 6.45) is 1.22. The van der Waals surface area contributed by atoms with Gasteiger partial charge in [0, 0.05) is 11.1 Å². The Kier molecular flexibility index (Phi) is 1.89. The molecule has 0 aliphatic heterocycles. The molecule has 0 aromatic heterocycles. The number of nitriles is 1. The highest BCUT2D eigenvalue weighted by Gasteiger charge is 2.64. The largest absolute Gasteiger partial charge is 0.348 e. The van der Waals surface area contributed by atoms with Crippen LogP contribution in [0.4, 0.5) is 0 Å². The third-order valence-corrected chi connectivity index (χ3v) is 2.32. The Labute approximate surface area is 70.6 Å². The van der Waals surface area contributed by atoms with E-state index < -0.39 is 10.5 Å². The molecule has 0 spiro atoms. The molecule has 0 aromatic carbocycles. The van der Waals surface area contributed by atoms with Gasteiger partial charge in [0.05, 0.1) is 4.92 Å². The zero-order valence-corrected chi connectivity index (χ0v) is 7.13. The van der Waals surface area contributed by atoms with E-state index in [1.807, 2.05) is 13.8 Å². The van der Waals surface area contributed by atoms with Gasteiger partial charge in [-0.1, -0.05) is 13.8 Å². The zero-order valence-electron chi connectivity index (χ0n) is 7.13. The van der Waals surface area contributed by atoms with E-state index >= 15 is 0 Å². The third-order valence-electron chi connectivity index (χ3n) is 2.32. The summed E-state index contributed by atoms with van der Waals surface area (Å²) in [6.45, 7) is 3.68. The van der Waals surface area contributed by atoms with Crippen molar-refractivity contribution in [2.45, 2.75) is 32.2 Å². The fraction of sp³-hybridized carbons (Fsp3) is 0.625. The van der Waals surface area contributed by atoms with Gasteiger partial charge in [0.25, 0.3) is 0 Å². The van der Waals surface area contributed by atoms with Crippen molar-refractivity contribution < 1.29 is 4.92 Å². The molecule has 0 unspecified atom stereocenters. The van der Waals surface area contributed by atoms with E-state index in [0.29, 0.717) is 24.0 Å². The van der Waals surface area contributed by atoms with Crippen molar-refractivity contribution in [1.82, 2.24) is 0 Å². The quantitative estimate of drug-likeness (QED) is 0.363. The molecule has 4 heteroatoms. The monoisotopic (exact) mass is 166 g/mol. The molecule has 0 aromatic rings. The Bertz CT molecular complexity index is 285. The molecule has 1 aliphatic rings. The van der Waals surface area contributed by atoms with Gasteiger partial charge in [-0.3, -0.25) is 10.1 Å². The van der Waals surface area contributed by atoms with Crippen molar-refractivity contribution in [2.24, 2.45) is 0 Å². The van der Waals surface area contributed by atoms with Crippen molar-refractivity contribution in [1.29, 1.82) is 5.26 Å². The third kappa shape index (κ3) is 0.765. The summed E-state index contributed by atoms with van der Waals surface area (Å²) < 4.78 is 0. The van der Waals surface area contributed by atoms with Crippen LogP contribution < -0.4 is 0 Å². The van der Waals surface area contributed by atoms with Crippen LogP contribution in [0, 0.1) is 21.4 Å². The normalized spacial score (nSPS) is 18.8. The molecule has 64 valence electrons. The first-order chi connectivity index (χ1) is 5.65. The van der Waals surface area contributed by atoms with Crippen LogP contribution in [0.1, 0.15) is 26.7 Å². The number of rotatable bonds is 3. The van der Waals surface area contributed by atoms with Gasteiger partial charge < -0.3 is 0 Å². The molecule has 0 heterocycles. The summed E-state index contributed by atoms with van der Waals surface area (Å²) in [5.41, 5.74) is -0.00116. The number of nitrogens with zero attached hydrogens (tertiary/aromatic N) is 2. The maximum absolute atomic E-state index is 10.6. The Morgan fingerprint density at radius 2 is 1.92 bits per heavy atom. The zero-order chi connectivity index (χ0) is 9.35. The van der Waals surface area contributed by atoms with E-state index in [-0.39, 0.29) is 0 Å². The molecule has 4 nitrogen and oxygen atoms in total. The lowest BCUT2D eigenvalue weighted by molar-refractivity contribution is -0.517. The smallest absolute Gasteiger partial charge is 0.262 e. The lowest BCUT2D eigenvalue weighted by Crippen LogP contribution is -2.25. The maximum atomic E-state index is 10.6. The van der Waals surface area contributed by atoms with E-state index in [1.54, 1.807) is 6.07 Å². The van der Waals surface area contributed by atoms with Crippen LogP contribution in [0.3, 0.4) is 0 Å². The van der Waals surface area contributed by atoms with Gasteiger partial charge in [0.2, 0.25) is 0 Å². The molecule has 1 rings (SSSR count). The topological polar surface area (TPSA) is 66.9 Å². The number of hydrogen-bond acceptors (Lipinski definition) is 3. The molecule has 0 saturated heterocycles. The molecule has 0 atom stereocenters. The Morgan fingerprint density at radius 3 is 2.00 bits per heavy atom. The lowest BCUT2D eigenvalue weighted by Gasteiger charge is -1.99. The molecule has 0 radical (unpaired) electrons. The highest BCUT2D eigenvalue weighted by Crippen LogP contribution is 2.49. The second-order valence-electron chi connectivity index (χ2n) is 2.74. The number of nitro groups is 1. The molecule has 1 aliphatic carbocycles. The lowest BCUT2D eigenvalue weighted by atomic mass is 10.1. The van der Waals surface area contributed by atoms with Crippen LogP contribution >= 0.6 is 0 Å². The summed E-state index contributed by atoms with van der Waals surface area (Å²) in [6, 6.07) is 1.78. The van der Waals surface area contributed by atoms with Gasteiger partial charge >= 0.3 is 5.54 Å². The SMILES string of the molecule is CCC1=C(CC)C1(C#N)[N+](=O)[O-]. The molecular weight excluding hydrogens is 156 g/mol. The Balaban J connectivity index is 2.95. The maximum Gasteiger partial charge on any atom is 0.348 e. The van der Waals surface area contributed by atoms with Crippen LogP contribution in [0.2, 0.25) is 0 Å². The summed E-state index contributed by atoms with van der Waals surface area (Å²) in [4.78, 5) is 10.1. The molecule has 0 N–H and O–H groups in total. The van der Waals surface area contributed by atoms with E-state index in [1.165, 1.54) is 0 Å². The van der Waals surface area contributed by atoms with Crippen LogP contribution in [-0.2, 0) is 0 Å². The first-order valence-corrected chi connectivity index (χ1v) is 3.93. The molecular formula is C8H10N2O2. The van der Waals surface area contributed by atoms with Gasteiger partial charge in [-0.25, -0.2) is 0 Å². The summed E-state index contributed by atoms with van der Waals surface area (Å²) >= 11 is 0. The van der Waals surface area contributed by atoms with Crippen molar-refractivity contribution in [2.75, 3.05) is 0 Å². The van der Waals surface area contributed by atoms with Gasteiger partial charge in [-0.2, -0.15) is 5.26 Å². The fourth-order valence-electron chi connectivity index (χ4n) is 1.71. The molecule has 0 fully saturated rings. The van der Waals surface area contributed by atoms with Gasteiger partial charge in [-0.05, 0) is 12.8 Å². The second kappa shape index (κ2) is 2.59. The highest BCUT2D eigenvalue weighted by atomic mass is 16.6. The Morgan fingerprint density at radius 1 is 1.50 bits per heavy atom. The molecule has 0 amide bonds. The van der Waals surface area contributed by atoms with Gasteiger partial charge in [0.1, 0.15) is 0 Å². The van der Waals surface area contributed by atoms with E-state index in [9.17, 15) is 10.1 Å². The van der Waals surface area contributed by atoms with Crippen LogP contribution in [-0.4, -0.2) is 10.5 Å². The minimum absolute atomic E-state index is 0.481. The predicted molar refractivity (Wildman–Crippen MR) is 42.9 cm³/mol. The minimum Gasteiger partial charge on any atom is -0.262 e. The van der Waals surface area contributed by atoms with Crippen molar-refractivity contribution >= 4 is 0 Å². The van der Waals surface area contributed by atoms with E-state index in [4.69, 9.17) is 5.26 Å². The minimum atomic E-state index is -1.41. The summed E-state index contributed by atoms with van der Waals surface area (Å²) in [7, 11) is 0. The predicted octanol–water partition coefficient (Wildman–Crippen LogP) is 1.66. The second-order valence-corrected chi connectivity index (χ2v) is 2.74. The van der Waals surface area contributed by atoms with Gasteiger partial charge in [0.15, 0.2) is 6.07 Å². The van der Waals surface area contributed by atoms with Crippen molar-refractivity contribution in [3.8, 4) is 6.07 Å². The van der Waals surface area contributed by atoms with Crippen LogP contribution in [0.15, 0.2) is 11.1 Å². The molecule has 0 saturated carbocycles. The van der Waals surface area contributed by atoms with Crippen LogP contribution in [0.25, 0.3) is 0 Å². The summed E-state index contributed by atoms with van der Waals surface area (Å²) in [5.74, 6) is 0. The standard InChI is InChI=1S/C8H10N2O2/c1-3-6-7(4-2)8(6,5-9)10(11)12/h3-4H2,1-2H3. The summed E-state index contributed by atoms with van der Waals surface area (Å²) in [5, 5.41) is 19.3. The van der Waals surface area contributed by atoms with E-state index in [0.717, 1.165) is 0 Å². The average molecular weight is 166 g/mol. The first-order valence-electron chi connectivity index (χ1n) is 3.93. The van der Waals surface area contributed by atoms with Crippen LogP contribution in [0.5, 0.6) is 0 Å². The fourth-order valence-corrected chi connectivity index (χ4v) is 1.71. The molecule has 12 heavy (non-hydrogen) atoms. The van der Waals surface area contributed by atoms with Crippen molar-refractivity contribution in [3.05, 3.63) is 21.3 Å². The first kappa shape index (κ1) is 8.72. The highest BCUT2D eigenvalue weighted by molar-refractivity contribution is 5.58. The van der Waals surface area contributed by atoms with E-state index in [2.05, 4.69) is 0 Å². The average Bonchev–Trinajstić information content (AvgIpc) is 2.72.